The molecule has 1 saturated carbocycles. The van der Waals surface area contributed by atoms with E-state index in [9.17, 15) is 0 Å². The molecule has 0 amide bonds. The lowest BCUT2D eigenvalue weighted by molar-refractivity contribution is 0.305. The first kappa shape index (κ1) is 11.7. The molecule has 17 heavy (non-hydrogen) atoms. The minimum Gasteiger partial charge on any atom is -0.314 e. The molecule has 0 radical (unpaired) electrons. The van der Waals surface area contributed by atoms with Gasteiger partial charge in [-0.2, -0.15) is 0 Å². The van der Waals surface area contributed by atoms with E-state index in [0.717, 1.165) is 12.0 Å². The van der Waals surface area contributed by atoms with Gasteiger partial charge in [-0.3, -0.25) is 0 Å². The van der Waals surface area contributed by atoms with Crippen LogP contribution < -0.4 is 5.32 Å². The lowest BCUT2D eigenvalue weighted by atomic mass is 9.83. The maximum atomic E-state index is 3.72. The SMILES string of the molecule is Brc1cccc2c1CC(CNC1CCC1)CC2. The molecule has 1 aromatic carbocycles. The van der Waals surface area contributed by atoms with Crippen LogP contribution in [0.25, 0.3) is 0 Å². The Kier molecular flexibility index (Phi) is 3.53. The van der Waals surface area contributed by atoms with E-state index in [1.54, 1.807) is 11.1 Å². The lowest BCUT2D eigenvalue weighted by Gasteiger charge is -2.31. The summed E-state index contributed by atoms with van der Waals surface area (Å²) in [4.78, 5) is 0. The van der Waals surface area contributed by atoms with E-state index in [-0.39, 0.29) is 0 Å². The van der Waals surface area contributed by atoms with Gasteiger partial charge < -0.3 is 5.32 Å². The summed E-state index contributed by atoms with van der Waals surface area (Å²) in [5.74, 6) is 0.835. The van der Waals surface area contributed by atoms with Gasteiger partial charge in [0.15, 0.2) is 0 Å². The van der Waals surface area contributed by atoms with E-state index in [2.05, 4.69) is 39.4 Å². The molecule has 1 fully saturated rings. The molecule has 0 bridgehead atoms. The van der Waals surface area contributed by atoms with E-state index in [0.29, 0.717) is 0 Å². The number of hydrogen-bond acceptors (Lipinski definition) is 1. The number of hydrogen-bond donors (Lipinski definition) is 1. The molecule has 1 aromatic rings. The molecule has 0 heterocycles. The van der Waals surface area contributed by atoms with Gasteiger partial charge in [0.25, 0.3) is 0 Å². The molecule has 1 nitrogen and oxygen atoms in total. The zero-order chi connectivity index (χ0) is 11.7. The molecule has 3 rings (SSSR count). The first-order valence-electron chi connectivity index (χ1n) is 6.82. The summed E-state index contributed by atoms with van der Waals surface area (Å²) in [6.07, 6.45) is 8.07. The third-order valence-corrected chi connectivity index (χ3v) is 5.07. The van der Waals surface area contributed by atoms with Crippen LogP contribution in [0.3, 0.4) is 0 Å². The summed E-state index contributed by atoms with van der Waals surface area (Å²) in [5, 5.41) is 3.72. The standard InChI is InChI=1S/C15H20BrN/c16-15-6-1-3-12-8-7-11(9-14(12)15)10-17-13-4-2-5-13/h1,3,6,11,13,17H,2,4-5,7-10H2. The van der Waals surface area contributed by atoms with E-state index in [1.165, 1.54) is 49.5 Å². The Labute approximate surface area is 112 Å². The molecule has 2 aliphatic rings. The Morgan fingerprint density at radius 1 is 1.24 bits per heavy atom. The molecule has 0 aromatic heterocycles. The van der Waals surface area contributed by atoms with Gasteiger partial charge in [0, 0.05) is 10.5 Å². The molecular weight excluding hydrogens is 274 g/mol. The Hall–Kier alpha value is -0.340. The Balaban J connectivity index is 1.61. The lowest BCUT2D eigenvalue weighted by Crippen LogP contribution is -2.39. The van der Waals surface area contributed by atoms with Crippen molar-refractivity contribution < 1.29 is 0 Å². The van der Waals surface area contributed by atoms with Crippen molar-refractivity contribution in [1.82, 2.24) is 5.32 Å². The van der Waals surface area contributed by atoms with Crippen molar-refractivity contribution in [3.05, 3.63) is 33.8 Å². The van der Waals surface area contributed by atoms with Gasteiger partial charge in [0.1, 0.15) is 0 Å². The molecule has 0 aliphatic heterocycles. The van der Waals surface area contributed by atoms with Crippen LogP contribution in [0.15, 0.2) is 22.7 Å². The molecule has 2 heteroatoms. The van der Waals surface area contributed by atoms with Gasteiger partial charge in [-0.1, -0.05) is 34.5 Å². The zero-order valence-corrected chi connectivity index (χ0v) is 11.8. The Morgan fingerprint density at radius 2 is 2.12 bits per heavy atom. The van der Waals surface area contributed by atoms with Crippen LogP contribution in [-0.2, 0) is 12.8 Å². The number of aryl methyl sites for hydroxylation is 1. The third-order valence-electron chi connectivity index (χ3n) is 4.33. The summed E-state index contributed by atoms with van der Waals surface area (Å²) in [7, 11) is 0. The fourth-order valence-corrected chi connectivity index (χ4v) is 3.51. The molecule has 1 N–H and O–H groups in total. The summed E-state index contributed by atoms with van der Waals surface area (Å²) in [5.41, 5.74) is 3.11. The van der Waals surface area contributed by atoms with Crippen molar-refractivity contribution in [2.75, 3.05) is 6.54 Å². The molecule has 0 spiro atoms. The van der Waals surface area contributed by atoms with Crippen molar-refractivity contribution in [2.24, 2.45) is 5.92 Å². The van der Waals surface area contributed by atoms with Crippen LogP contribution in [-0.4, -0.2) is 12.6 Å². The predicted molar refractivity (Wildman–Crippen MR) is 75.3 cm³/mol. The minimum absolute atomic E-state index is 0.829. The van der Waals surface area contributed by atoms with Crippen molar-refractivity contribution in [1.29, 1.82) is 0 Å². The van der Waals surface area contributed by atoms with Crippen molar-refractivity contribution in [3.63, 3.8) is 0 Å². The minimum atomic E-state index is 0.829. The smallest absolute Gasteiger partial charge is 0.0210 e. The zero-order valence-electron chi connectivity index (χ0n) is 10.2. The van der Waals surface area contributed by atoms with E-state index in [1.807, 2.05) is 0 Å². The van der Waals surface area contributed by atoms with E-state index in [4.69, 9.17) is 0 Å². The summed E-state index contributed by atoms with van der Waals surface area (Å²) in [6.45, 7) is 1.21. The number of halogens is 1. The van der Waals surface area contributed by atoms with Gasteiger partial charge >= 0.3 is 0 Å². The van der Waals surface area contributed by atoms with Crippen LogP contribution in [0, 0.1) is 5.92 Å². The Bertz CT molecular complexity index is 398. The second-order valence-electron chi connectivity index (χ2n) is 5.52. The summed E-state index contributed by atoms with van der Waals surface area (Å²) >= 11 is 3.69. The van der Waals surface area contributed by atoms with Gasteiger partial charge in [-0.15, -0.1) is 0 Å². The molecule has 1 atom stereocenters. The van der Waals surface area contributed by atoms with Gasteiger partial charge in [-0.05, 0) is 61.8 Å². The highest BCUT2D eigenvalue weighted by Gasteiger charge is 2.22. The normalized spacial score (nSPS) is 24.2. The first-order valence-corrected chi connectivity index (χ1v) is 7.62. The monoisotopic (exact) mass is 293 g/mol. The second-order valence-corrected chi connectivity index (χ2v) is 6.38. The highest BCUT2D eigenvalue weighted by atomic mass is 79.9. The number of rotatable bonds is 3. The fourth-order valence-electron chi connectivity index (χ4n) is 2.94. The van der Waals surface area contributed by atoms with Crippen LogP contribution >= 0.6 is 15.9 Å². The second kappa shape index (κ2) is 5.11. The van der Waals surface area contributed by atoms with Crippen LogP contribution in [0.2, 0.25) is 0 Å². The van der Waals surface area contributed by atoms with Gasteiger partial charge in [0.2, 0.25) is 0 Å². The molecule has 92 valence electrons. The number of benzene rings is 1. The summed E-state index contributed by atoms with van der Waals surface area (Å²) in [6, 6.07) is 7.46. The summed E-state index contributed by atoms with van der Waals surface area (Å²) < 4.78 is 1.31. The fraction of sp³-hybridized carbons (Fsp3) is 0.600. The maximum Gasteiger partial charge on any atom is 0.0210 e. The average Bonchev–Trinajstić information content (AvgIpc) is 2.28. The third kappa shape index (κ3) is 2.58. The van der Waals surface area contributed by atoms with Gasteiger partial charge in [-0.25, -0.2) is 0 Å². The van der Waals surface area contributed by atoms with Crippen molar-refractivity contribution >= 4 is 15.9 Å². The topological polar surface area (TPSA) is 12.0 Å². The first-order chi connectivity index (χ1) is 8.33. The average molecular weight is 294 g/mol. The van der Waals surface area contributed by atoms with Crippen LogP contribution in [0.1, 0.15) is 36.8 Å². The maximum absolute atomic E-state index is 3.72. The van der Waals surface area contributed by atoms with E-state index >= 15 is 0 Å². The highest BCUT2D eigenvalue weighted by Crippen LogP contribution is 2.31. The molecule has 0 saturated heterocycles. The van der Waals surface area contributed by atoms with Crippen LogP contribution in [0.5, 0.6) is 0 Å². The quantitative estimate of drug-likeness (QED) is 0.896. The van der Waals surface area contributed by atoms with Gasteiger partial charge in [0.05, 0.1) is 0 Å². The number of nitrogens with one attached hydrogen (secondary N) is 1. The van der Waals surface area contributed by atoms with Crippen molar-refractivity contribution in [3.8, 4) is 0 Å². The molecule has 2 aliphatic carbocycles. The largest absolute Gasteiger partial charge is 0.314 e. The van der Waals surface area contributed by atoms with Crippen molar-refractivity contribution in [2.45, 2.75) is 44.6 Å². The number of fused-ring (bicyclic) bond motifs is 1. The van der Waals surface area contributed by atoms with Crippen LogP contribution in [0.4, 0.5) is 0 Å². The molecule has 1 unspecified atom stereocenters. The van der Waals surface area contributed by atoms with E-state index < -0.39 is 0 Å². The molecular formula is C15H20BrN. The predicted octanol–water partition coefficient (Wildman–Crippen LogP) is 3.70. The Morgan fingerprint density at radius 3 is 2.88 bits per heavy atom. The highest BCUT2D eigenvalue weighted by molar-refractivity contribution is 9.10.